The van der Waals surface area contributed by atoms with Crippen molar-refractivity contribution in [1.29, 1.82) is 0 Å². The summed E-state index contributed by atoms with van der Waals surface area (Å²) in [5.41, 5.74) is 1.16. The molecule has 3 nitrogen and oxygen atoms in total. The number of aromatic nitrogens is 2. The van der Waals surface area contributed by atoms with E-state index in [1.54, 1.807) is 0 Å². The highest BCUT2D eigenvalue weighted by Gasteiger charge is 1.98. The number of hydrogen-bond acceptors (Lipinski definition) is 4. The van der Waals surface area contributed by atoms with E-state index in [2.05, 4.69) is 36.1 Å². The van der Waals surface area contributed by atoms with E-state index in [9.17, 15) is 0 Å². The van der Waals surface area contributed by atoms with Crippen LogP contribution in [0, 0.1) is 5.92 Å². The molecular weight excluding hydrogens is 218 g/mol. The topological polar surface area (TPSA) is 37.8 Å². The van der Waals surface area contributed by atoms with Gasteiger partial charge in [0.2, 0.25) is 0 Å². The van der Waals surface area contributed by atoms with Crippen molar-refractivity contribution >= 4 is 11.8 Å². The zero-order valence-electron chi connectivity index (χ0n) is 10.4. The minimum absolute atomic E-state index is 0.682. The average Bonchev–Trinajstić information content (AvgIpc) is 2.27. The fraction of sp³-hybridized carbons (Fsp3) is 0.667. The summed E-state index contributed by atoms with van der Waals surface area (Å²) in [6, 6.07) is 0. The van der Waals surface area contributed by atoms with E-state index in [-0.39, 0.29) is 0 Å². The molecule has 0 aliphatic heterocycles. The summed E-state index contributed by atoms with van der Waals surface area (Å²) in [5, 5.41) is 3.38. The molecule has 0 radical (unpaired) electrons. The lowest BCUT2D eigenvalue weighted by Crippen LogP contribution is -2.19. The van der Waals surface area contributed by atoms with Gasteiger partial charge in [-0.15, -0.1) is 0 Å². The maximum atomic E-state index is 4.34. The molecule has 0 spiro atoms. The standard InChI is InChI=1S/C12H21N3S/c1-4-16-9-12-14-7-11(8-15-12)6-13-5-10(2)3/h7-8,10,13H,4-6,9H2,1-3H3. The summed E-state index contributed by atoms with van der Waals surface area (Å²) >= 11 is 1.85. The van der Waals surface area contributed by atoms with Crippen LogP contribution in [0.15, 0.2) is 12.4 Å². The van der Waals surface area contributed by atoms with Crippen molar-refractivity contribution < 1.29 is 0 Å². The van der Waals surface area contributed by atoms with E-state index in [0.717, 1.165) is 36.0 Å². The zero-order chi connectivity index (χ0) is 11.8. The quantitative estimate of drug-likeness (QED) is 0.793. The van der Waals surface area contributed by atoms with Crippen molar-refractivity contribution in [2.45, 2.75) is 33.1 Å². The highest BCUT2D eigenvalue weighted by Crippen LogP contribution is 2.07. The first-order valence-corrected chi connectivity index (χ1v) is 6.96. The maximum Gasteiger partial charge on any atom is 0.138 e. The van der Waals surface area contributed by atoms with Crippen LogP contribution in [0.2, 0.25) is 0 Å². The Hall–Kier alpha value is -0.610. The molecule has 4 heteroatoms. The third kappa shape index (κ3) is 5.47. The molecule has 0 aliphatic carbocycles. The second kappa shape index (κ2) is 7.63. The summed E-state index contributed by atoms with van der Waals surface area (Å²) in [7, 11) is 0. The van der Waals surface area contributed by atoms with Gasteiger partial charge >= 0.3 is 0 Å². The SMILES string of the molecule is CCSCc1ncc(CNCC(C)C)cn1. The molecule has 0 fully saturated rings. The molecule has 0 bridgehead atoms. The molecule has 1 heterocycles. The van der Waals surface area contributed by atoms with Gasteiger partial charge in [-0.05, 0) is 18.2 Å². The molecule has 0 aliphatic rings. The van der Waals surface area contributed by atoms with Gasteiger partial charge in [0, 0.05) is 24.5 Å². The minimum atomic E-state index is 0.682. The highest BCUT2D eigenvalue weighted by molar-refractivity contribution is 7.98. The number of rotatable bonds is 7. The molecule has 0 saturated carbocycles. The van der Waals surface area contributed by atoms with Crippen molar-refractivity contribution in [3.8, 4) is 0 Å². The molecule has 1 aromatic heterocycles. The van der Waals surface area contributed by atoms with Gasteiger partial charge < -0.3 is 5.32 Å². The average molecular weight is 239 g/mol. The van der Waals surface area contributed by atoms with Crippen molar-refractivity contribution in [3.05, 3.63) is 23.8 Å². The molecular formula is C12H21N3S. The molecule has 1 N–H and O–H groups in total. The van der Waals surface area contributed by atoms with Crippen LogP contribution in [0.1, 0.15) is 32.2 Å². The first-order chi connectivity index (χ1) is 7.72. The Balaban J connectivity index is 2.33. The second-order valence-electron chi connectivity index (χ2n) is 4.17. The fourth-order valence-corrected chi connectivity index (χ4v) is 1.78. The third-order valence-corrected chi connectivity index (χ3v) is 2.95. The van der Waals surface area contributed by atoms with Crippen molar-refractivity contribution in [1.82, 2.24) is 15.3 Å². The molecule has 90 valence electrons. The van der Waals surface area contributed by atoms with E-state index in [0.29, 0.717) is 5.92 Å². The van der Waals surface area contributed by atoms with E-state index >= 15 is 0 Å². The normalized spacial score (nSPS) is 11.0. The number of hydrogen-bond donors (Lipinski definition) is 1. The van der Waals surface area contributed by atoms with E-state index < -0.39 is 0 Å². The summed E-state index contributed by atoms with van der Waals surface area (Å²) in [6.07, 6.45) is 3.84. The first kappa shape index (κ1) is 13.5. The summed E-state index contributed by atoms with van der Waals surface area (Å²) in [6.45, 7) is 8.45. The lowest BCUT2D eigenvalue weighted by molar-refractivity contribution is 0.551. The van der Waals surface area contributed by atoms with Gasteiger partial charge in [-0.25, -0.2) is 9.97 Å². The van der Waals surface area contributed by atoms with E-state index in [4.69, 9.17) is 0 Å². The Labute approximate surface area is 102 Å². The Kier molecular flexibility index (Phi) is 6.42. The van der Waals surface area contributed by atoms with Gasteiger partial charge in [0.1, 0.15) is 5.82 Å². The van der Waals surface area contributed by atoms with Gasteiger partial charge in [0.15, 0.2) is 0 Å². The summed E-state index contributed by atoms with van der Waals surface area (Å²) < 4.78 is 0. The Morgan fingerprint density at radius 1 is 1.31 bits per heavy atom. The Morgan fingerprint density at radius 3 is 2.56 bits per heavy atom. The van der Waals surface area contributed by atoms with Gasteiger partial charge in [-0.3, -0.25) is 0 Å². The van der Waals surface area contributed by atoms with Crippen LogP contribution >= 0.6 is 11.8 Å². The van der Waals surface area contributed by atoms with Crippen LogP contribution in [0.4, 0.5) is 0 Å². The molecule has 1 rings (SSSR count). The number of nitrogens with one attached hydrogen (secondary N) is 1. The predicted octanol–water partition coefficient (Wildman–Crippen LogP) is 2.48. The maximum absolute atomic E-state index is 4.34. The molecule has 1 aromatic rings. The predicted molar refractivity (Wildman–Crippen MR) is 70.4 cm³/mol. The molecule has 0 atom stereocenters. The second-order valence-corrected chi connectivity index (χ2v) is 5.44. The minimum Gasteiger partial charge on any atom is -0.312 e. The van der Waals surface area contributed by atoms with Crippen LogP contribution in [-0.2, 0) is 12.3 Å². The van der Waals surface area contributed by atoms with Gasteiger partial charge in [-0.1, -0.05) is 20.8 Å². The van der Waals surface area contributed by atoms with Gasteiger partial charge in [0.05, 0.1) is 5.75 Å². The summed E-state index contributed by atoms with van der Waals surface area (Å²) in [4.78, 5) is 8.68. The molecule has 0 aromatic carbocycles. The van der Waals surface area contributed by atoms with Crippen molar-refractivity contribution in [2.24, 2.45) is 5.92 Å². The van der Waals surface area contributed by atoms with Crippen LogP contribution in [-0.4, -0.2) is 22.3 Å². The monoisotopic (exact) mass is 239 g/mol. The fourth-order valence-electron chi connectivity index (χ4n) is 1.25. The van der Waals surface area contributed by atoms with Gasteiger partial charge in [0.25, 0.3) is 0 Å². The first-order valence-electron chi connectivity index (χ1n) is 5.80. The Bertz CT molecular complexity index is 285. The van der Waals surface area contributed by atoms with E-state index in [1.807, 2.05) is 24.2 Å². The van der Waals surface area contributed by atoms with Gasteiger partial charge in [-0.2, -0.15) is 11.8 Å². The Morgan fingerprint density at radius 2 is 2.00 bits per heavy atom. The molecule has 0 saturated heterocycles. The third-order valence-electron chi connectivity index (χ3n) is 2.08. The van der Waals surface area contributed by atoms with Crippen LogP contribution in [0.3, 0.4) is 0 Å². The van der Waals surface area contributed by atoms with Crippen LogP contribution in [0.5, 0.6) is 0 Å². The largest absolute Gasteiger partial charge is 0.312 e. The highest BCUT2D eigenvalue weighted by atomic mass is 32.2. The lowest BCUT2D eigenvalue weighted by atomic mass is 10.2. The number of nitrogens with zero attached hydrogens (tertiary/aromatic N) is 2. The van der Waals surface area contributed by atoms with E-state index in [1.165, 1.54) is 0 Å². The summed E-state index contributed by atoms with van der Waals surface area (Å²) in [5.74, 6) is 3.64. The van der Waals surface area contributed by atoms with Crippen LogP contribution in [0.25, 0.3) is 0 Å². The molecule has 0 unspecified atom stereocenters. The number of thioether (sulfide) groups is 1. The smallest absolute Gasteiger partial charge is 0.138 e. The van der Waals surface area contributed by atoms with Crippen molar-refractivity contribution in [2.75, 3.05) is 12.3 Å². The molecule has 0 amide bonds. The zero-order valence-corrected chi connectivity index (χ0v) is 11.2. The lowest BCUT2D eigenvalue weighted by Gasteiger charge is -2.07. The molecule has 16 heavy (non-hydrogen) atoms. The van der Waals surface area contributed by atoms with Crippen molar-refractivity contribution in [3.63, 3.8) is 0 Å². The van der Waals surface area contributed by atoms with Crippen LogP contribution < -0.4 is 5.32 Å².